The van der Waals surface area contributed by atoms with Crippen LogP contribution in [0.2, 0.25) is 0 Å². The van der Waals surface area contributed by atoms with E-state index in [9.17, 15) is 58.0 Å². The summed E-state index contributed by atoms with van der Waals surface area (Å²) in [5, 5.41) is 26.1. The Morgan fingerprint density at radius 2 is 1.56 bits per heavy atom. The second kappa shape index (κ2) is 30.6. The Hall–Kier alpha value is -4.43. The minimum absolute atomic E-state index is 0.0363. The molecule has 2 bridgehead atoms. The molecular weight excluding hydrogens is 1100 g/mol. The molecule has 1 aromatic rings. The number of allylic oxidation sites excluding steroid dienone is 6. The molecule has 1 aromatic carbocycles. The van der Waals surface area contributed by atoms with Gasteiger partial charge in [0.25, 0.3) is 11.7 Å². The first-order valence-electron chi connectivity index (χ1n) is 28.6. The number of amides is 2. The van der Waals surface area contributed by atoms with E-state index in [4.69, 9.17) is 28.4 Å². The molecule has 1 aliphatic carbocycles. The average molecular weight is 1190 g/mol. The fraction of sp³-hybridized carbons (Fsp3) is 0.650. The van der Waals surface area contributed by atoms with Gasteiger partial charge in [-0.15, -0.1) is 0 Å². The summed E-state index contributed by atoms with van der Waals surface area (Å²) in [5.41, 5.74) is 2.26. The quantitative estimate of drug-likeness (QED) is 0.0524. The summed E-state index contributed by atoms with van der Waals surface area (Å²) in [6.07, 6.45) is 9.97. The predicted molar refractivity (Wildman–Crippen MR) is 310 cm³/mol. The first kappa shape index (κ1) is 68.4. The Morgan fingerprint density at radius 1 is 0.866 bits per heavy atom. The lowest BCUT2D eigenvalue weighted by atomic mass is 9.78. The lowest BCUT2D eigenvalue weighted by Crippen LogP contribution is -2.61. The lowest BCUT2D eigenvalue weighted by molar-refractivity contribution is -0.265. The number of nitrogens with zero attached hydrogens (tertiary/aromatic N) is 1. The maximum Gasteiger partial charge on any atom is 0.411 e. The smallest absolute Gasteiger partial charge is 0.411 e. The van der Waals surface area contributed by atoms with Crippen molar-refractivity contribution in [2.75, 3.05) is 39.1 Å². The van der Waals surface area contributed by atoms with Crippen molar-refractivity contribution < 1.29 is 86.4 Å². The van der Waals surface area contributed by atoms with Gasteiger partial charge in [-0.2, -0.15) is 0 Å². The fourth-order valence-electron chi connectivity index (χ4n) is 11.7. The normalized spacial score (nSPS) is 35.3. The van der Waals surface area contributed by atoms with Crippen LogP contribution in [0.4, 0.5) is 10.5 Å². The number of carbonyl (C=O) groups is 5. The van der Waals surface area contributed by atoms with E-state index in [1.165, 1.54) is 38.5 Å². The number of anilines is 1. The van der Waals surface area contributed by atoms with Crippen LogP contribution >= 0.6 is 15.0 Å². The van der Waals surface area contributed by atoms with Crippen molar-refractivity contribution in [2.24, 2.45) is 35.5 Å². The van der Waals surface area contributed by atoms with Gasteiger partial charge in [0.1, 0.15) is 42.1 Å². The third-order valence-electron chi connectivity index (χ3n) is 16.8. The third kappa shape index (κ3) is 18.8. The maximum atomic E-state index is 14.7. The Morgan fingerprint density at radius 3 is 2.21 bits per heavy atom. The van der Waals surface area contributed by atoms with Gasteiger partial charge in [0.05, 0.1) is 18.3 Å². The van der Waals surface area contributed by atoms with Gasteiger partial charge in [0.15, 0.2) is 0 Å². The molecular formula is C60H90N2O18P2. The number of hydrogen-bond acceptors (Lipinski definition) is 15. The zero-order chi connectivity index (χ0) is 60.9. The van der Waals surface area contributed by atoms with Crippen LogP contribution in [0.15, 0.2) is 84.0 Å². The van der Waals surface area contributed by atoms with E-state index in [0.29, 0.717) is 68.9 Å². The lowest BCUT2D eigenvalue weighted by Gasteiger charge is -2.42. The van der Waals surface area contributed by atoms with E-state index in [1.54, 1.807) is 34.0 Å². The summed E-state index contributed by atoms with van der Waals surface area (Å²) >= 11 is 0. The average Bonchev–Trinajstić information content (AvgIpc) is 3.31. The summed E-state index contributed by atoms with van der Waals surface area (Å²) in [4.78, 5) is 101. The molecule has 4 aliphatic rings. The SMILES string of the molecule is C=C1[C@H](C)C[C@H](C)/C=C/C=C/C=C(\C)[C@@H](OC)C[C@@H]2CC[C@@H](C)[C@@](O)(O2)C(=O)C(=O)N2CCCC[C@H]2C(=O)O[C@H]([C@H](C)C[C@@H]2CC[C@@H](OC(=O)Nc3ccc(P(=O)(O)CP(=O)(O)O)cc3)[C@H](OC)C2)CC(=O)[C@H](C)/C=C(\C)[C@@H](O)[C@H]1OC. The van der Waals surface area contributed by atoms with Crippen LogP contribution in [-0.4, -0.2) is 148 Å². The van der Waals surface area contributed by atoms with Gasteiger partial charge in [-0.3, -0.25) is 28.8 Å². The molecule has 2 amide bonds. The standard InChI is InChI=1S/C60H90N2O18P2/c1-36-17-13-12-14-18-37(2)51(75-9)33-46-24-20-42(7)60(69,80-46)56(65)57(66)62-28-16-15-19-48(62)58(67)78-52(34-49(63)39(4)30-41(6)54(64)55(77-11)43(8)38(3)29-36)40(5)31-44-21-27-50(53(32-44)76-10)79-59(68)61-45-22-25-47(26-23-45)81(70,71)35-82(72,73)74/h12-14,17-18,22-23,25-26,30,36,38-40,42,44,46,48,50-55,64,69H,8,15-16,19-21,24,27-29,31-35H2,1-7,9-11H3,(H,61,68)(H,70,71)(H2,72,73,74)/b14-12+,17-13+,37-18+,41-30+/t36-,38-,39-,40-,42-,44+,46+,48+,50-,51+,52+,53-,54-,55+,60-/m1/s1. The second-order valence-electron chi connectivity index (χ2n) is 23.3. The molecule has 22 heteroatoms. The van der Waals surface area contributed by atoms with E-state index in [2.05, 4.69) is 24.9 Å². The summed E-state index contributed by atoms with van der Waals surface area (Å²) in [7, 11) is -4.61. The first-order valence-corrected chi connectivity index (χ1v) is 32.2. The number of hydrogen-bond donors (Lipinski definition) is 6. The number of aliphatic hydroxyl groups excluding tert-OH is 1. The number of nitrogens with one attached hydrogen (secondary N) is 1. The number of rotatable bonds is 11. The summed E-state index contributed by atoms with van der Waals surface area (Å²) < 4.78 is 59.9. The molecule has 3 fully saturated rings. The van der Waals surface area contributed by atoms with Gasteiger partial charge in [-0.1, -0.05) is 77.7 Å². The Kier molecular flexibility index (Phi) is 25.5. The fourth-order valence-corrected chi connectivity index (χ4v) is 15.0. The molecule has 3 heterocycles. The van der Waals surface area contributed by atoms with E-state index in [0.717, 1.165) is 16.9 Å². The number of esters is 1. The first-order chi connectivity index (χ1) is 38.5. The highest BCUT2D eigenvalue weighted by atomic mass is 31.2. The molecule has 0 radical (unpaired) electrons. The van der Waals surface area contributed by atoms with Crippen LogP contribution in [-0.2, 0) is 56.7 Å². The molecule has 6 N–H and O–H groups in total. The van der Waals surface area contributed by atoms with Crippen molar-refractivity contribution in [3.05, 3.63) is 84.0 Å². The summed E-state index contributed by atoms with van der Waals surface area (Å²) in [6.45, 7) is 17.4. The number of cyclic esters (lactones) is 1. The minimum Gasteiger partial charge on any atom is -0.460 e. The third-order valence-corrected chi connectivity index (χ3v) is 20.9. The number of aliphatic hydroxyl groups is 2. The number of methoxy groups -OCH3 is 3. The molecule has 1 saturated carbocycles. The molecule has 16 atom stereocenters. The second-order valence-corrected chi connectivity index (χ2v) is 27.7. The zero-order valence-corrected chi connectivity index (χ0v) is 51.1. The van der Waals surface area contributed by atoms with Crippen LogP contribution in [0.3, 0.4) is 0 Å². The number of benzene rings is 1. The highest BCUT2D eigenvalue weighted by Crippen LogP contribution is 2.54. The molecule has 3 aliphatic heterocycles. The molecule has 0 aromatic heterocycles. The highest BCUT2D eigenvalue weighted by molar-refractivity contribution is 7.77. The number of carbonyl (C=O) groups excluding carboxylic acids is 5. The van der Waals surface area contributed by atoms with Crippen LogP contribution in [0, 0.1) is 35.5 Å². The van der Waals surface area contributed by atoms with Gasteiger partial charge in [-0.25, -0.2) is 9.59 Å². The summed E-state index contributed by atoms with van der Waals surface area (Å²) in [5.74, 6) is -9.01. The van der Waals surface area contributed by atoms with E-state index >= 15 is 0 Å². The molecule has 82 heavy (non-hydrogen) atoms. The van der Waals surface area contributed by atoms with Crippen molar-refractivity contribution in [3.8, 4) is 0 Å². The van der Waals surface area contributed by atoms with Gasteiger partial charge >= 0.3 is 19.7 Å². The van der Waals surface area contributed by atoms with E-state index < -0.39 is 117 Å². The van der Waals surface area contributed by atoms with Crippen molar-refractivity contribution >= 4 is 55.5 Å². The molecule has 1 unspecified atom stereocenters. The zero-order valence-electron chi connectivity index (χ0n) is 49.3. The monoisotopic (exact) mass is 1190 g/mol. The van der Waals surface area contributed by atoms with Crippen molar-refractivity contribution in [3.63, 3.8) is 0 Å². The van der Waals surface area contributed by atoms with E-state index in [1.807, 2.05) is 45.1 Å². The van der Waals surface area contributed by atoms with Gasteiger partial charge in [0.2, 0.25) is 13.2 Å². The van der Waals surface area contributed by atoms with Crippen molar-refractivity contribution in [1.29, 1.82) is 0 Å². The number of ether oxygens (including phenoxy) is 6. The van der Waals surface area contributed by atoms with Crippen molar-refractivity contribution in [1.82, 2.24) is 4.90 Å². The molecule has 2 saturated heterocycles. The largest absolute Gasteiger partial charge is 0.460 e. The Labute approximate surface area is 483 Å². The van der Waals surface area contributed by atoms with E-state index in [-0.39, 0.29) is 53.9 Å². The van der Waals surface area contributed by atoms with Crippen LogP contribution in [0.5, 0.6) is 0 Å². The maximum absolute atomic E-state index is 14.7. The highest BCUT2D eigenvalue weighted by Gasteiger charge is 2.53. The minimum atomic E-state index is -4.80. The Balaban J connectivity index is 1.40. The predicted octanol–water partition coefficient (Wildman–Crippen LogP) is 8.46. The summed E-state index contributed by atoms with van der Waals surface area (Å²) in [6, 6.07) is 3.79. The van der Waals surface area contributed by atoms with Gasteiger partial charge in [-0.05, 0) is 143 Å². The van der Waals surface area contributed by atoms with Crippen LogP contribution in [0.25, 0.3) is 0 Å². The molecule has 5 rings (SSSR count). The van der Waals surface area contributed by atoms with Gasteiger partial charge in [0, 0.05) is 63.5 Å². The molecule has 0 spiro atoms. The van der Waals surface area contributed by atoms with Crippen LogP contribution < -0.4 is 10.6 Å². The Bertz CT molecular complexity index is 2610. The number of Topliss-reactive ketones (excluding diaryl/α,β-unsaturated/α-hetero) is 2. The van der Waals surface area contributed by atoms with Crippen molar-refractivity contribution in [2.45, 2.75) is 180 Å². The topological polar surface area (TPSA) is 291 Å². The molecule has 20 nitrogen and oxygen atoms in total. The van der Waals surface area contributed by atoms with Crippen LogP contribution in [0.1, 0.15) is 126 Å². The number of ketones is 2. The number of piperidine rings is 1. The number of fused-ring (bicyclic) bond motifs is 3. The molecule has 458 valence electrons. The van der Waals surface area contributed by atoms with Gasteiger partial charge < -0.3 is 58.2 Å².